The second-order valence-corrected chi connectivity index (χ2v) is 5.18. The number of anilines is 2. The molecule has 0 unspecified atom stereocenters. The van der Waals surface area contributed by atoms with Crippen molar-refractivity contribution in [3.63, 3.8) is 0 Å². The van der Waals surface area contributed by atoms with Gasteiger partial charge in [-0.05, 0) is 39.5 Å². The van der Waals surface area contributed by atoms with E-state index >= 15 is 0 Å². The van der Waals surface area contributed by atoms with Crippen LogP contribution in [-0.4, -0.2) is 0 Å². The molecule has 0 aliphatic heterocycles. The normalized spacial score (nSPS) is 10.5. The zero-order chi connectivity index (χ0) is 13.8. The fourth-order valence-corrected chi connectivity index (χ4v) is 2.34. The predicted octanol–water partition coefficient (Wildman–Crippen LogP) is 4.34. The van der Waals surface area contributed by atoms with Gasteiger partial charge in [0.15, 0.2) is 0 Å². The number of nitrogens with one attached hydrogen (secondary N) is 1. The molecule has 2 rings (SSSR count). The quantitative estimate of drug-likeness (QED) is 0.821. The average molecular weight is 323 g/mol. The third-order valence-electron chi connectivity index (χ3n) is 3.06. The van der Waals surface area contributed by atoms with E-state index in [9.17, 15) is 4.39 Å². The summed E-state index contributed by atoms with van der Waals surface area (Å²) in [7, 11) is 0. The molecule has 2 aromatic rings. The van der Waals surface area contributed by atoms with Gasteiger partial charge in [-0.15, -0.1) is 0 Å². The summed E-state index contributed by atoms with van der Waals surface area (Å²) >= 11 is 3.12. The van der Waals surface area contributed by atoms with Crippen LogP contribution < -0.4 is 11.1 Å². The van der Waals surface area contributed by atoms with Crippen molar-refractivity contribution < 1.29 is 4.39 Å². The summed E-state index contributed by atoms with van der Waals surface area (Å²) in [6.07, 6.45) is 0.974. The van der Waals surface area contributed by atoms with E-state index in [0.717, 1.165) is 6.42 Å². The minimum atomic E-state index is -0.319. The number of rotatable bonds is 4. The van der Waals surface area contributed by atoms with Gasteiger partial charge in [0.1, 0.15) is 5.82 Å². The lowest BCUT2D eigenvalue weighted by Gasteiger charge is -2.12. The second-order valence-electron chi connectivity index (χ2n) is 4.33. The highest BCUT2D eigenvalue weighted by molar-refractivity contribution is 9.10. The number of nitrogens with two attached hydrogens (primary N) is 1. The van der Waals surface area contributed by atoms with Gasteiger partial charge < -0.3 is 11.1 Å². The number of halogens is 2. The van der Waals surface area contributed by atoms with Crippen molar-refractivity contribution in [2.45, 2.75) is 19.9 Å². The molecule has 0 heterocycles. The molecule has 2 nitrogen and oxygen atoms in total. The number of hydrogen-bond donors (Lipinski definition) is 2. The Hall–Kier alpha value is -1.55. The zero-order valence-corrected chi connectivity index (χ0v) is 12.3. The molecule has 0 aromatic heterocycles. The lowest BCUT2D eigenvalue weighted by molar-refractivity contribution is 0.622. The molecule has 0 amide bonds. The summed E-state index contributed by atoms with van der Waals surface area (Å²) in [5, 5.41) is 3.19. The second kappa shape index (κ2) is 6.06. The highest BCUT2D eigenvalue weighted by atomic mass is 79.9. The Kier molecular flexibility index (Phi) is 4.43. The van der Waals surface area contributed by atoms with Gasteiger partial charge in [-0.25, -0.2) is 4.39 Å². The predicted molar refractivity (Wildman–Crippen MR) is 81.7 cm³/mol. The molecule has 0 radical (unpaired) electrons. The molecule has 0 saturated heterocycles. The van der Waals surface area contributed by atoms with E-state index < -0.39 is 0 Å². The maximum absolute atomic E-state index is 13.5. The van der Waals surface area contributed by atoms with Gasteiger partial charge in [-0.2, -0.15) is 0 Å². The first kappa shape index (κ1) is 13.9. The van der Waals surface area contributed by atoms with Crippen molar-refractivity contribution in [2.75, 3.05) is 11.1 Å². The first-order chi connectivity index (χ1) is 9.11. The molecule has 2 aromatic carbocycles. The third kappa shape index (κ3) is 3.26. The topological polar surface area (TPSA) is 38.0 Å². The van der Waals surface area contributed by atoms with Gasteiger partial charge in [0.25, 0.3) is 0 Å². The SMILES string of the molecule is CCc1ccccc1CNc1cc(F)c(Br)cc1N. The van der Waals surface area contributed by atoms with Gasteiger partial charge in [0.2, 0.25) is 0 Å². The molecule has 4 heteroatoms. The van der Waals surface area contributed by atoms with Crippen LogP contribution in [-0.2, 0) is 13.0 Å². The van der Waals surface area contributed by atoms with Crippen LogP contribution in [0.5, 0.6) is 0 Å². The molecular weight excluding hydrogens is 307 g/mol. The van der Waals surface area contributed by atoms with Crippen molar-refractivity contribution in [1.29, 1.82) is 0 Å². The summed E-state index contributed by atoms with van der Waals surface area (Å²) in [4.78, 5) is 0. The van der Waals surface area contributed by atoms with E-state index in [1.807, 2.05) is 12.1 Å². The maximum Gasteiger partial charge on any atom is 0.139 e. The van der Waals surface area contributed by atoms with Crippen LogP contribution in [0.25, 0.3) is 0 Å². The highest BCUT2D eigenvalue weighted by Crippen LogP contribution is 2.27. The average Bonchev–Trinajstić information content (AvgIpc) is 2.41. The van der Waals surface area contributed by atoms with Gasteiger partial charge in [-0.3, -0.25) is 0 Å². The molecule has 3 N–H and O–H groups in total. The number of aryl methyl sites for hydroxylation is 1. The van der Waals surface area contributed by atoms with Crippen LogP contribution in [0.4, 0.5) is 15.8 Å². The highest BCUT2D eigenvalue weighted by Gasteiger charge is 2.06. The molecule has 0 spiro atoms. The standard InChI is InChI=1S/C15H16BrFN2/c1-2-10-5-3-4-6-11(10)9-19-15-8-13(17)12(16)7-14(15)18/h3-8,19H,2,9,18H2,1H3. The van der Waals surface area contributed by atoms with Crippen LogP contribution in [0.15, 0.2) is 40.9 Å². The Bertz CT molecular complexity index is 584. The van der Waals surface area contributed by atoms with Crippen LogP contribution in [0.3, 0.4) is 0 Å². The number of hydrogen-bond acceptors (Lipinski definition) is 2. The van der Waals surface area contributed by atoms with Crippen molar-refractivity contribution in [1.82, 2.24) is 0 Å². The first-order valence-electron chi connectivity index (χ1n) is 6.17. The number of nitrogen functional groups attached to an aromatic ring is 1. The summed E-state index contributed by atoms with van der Waals surface area (Å²) in [6.45, 7) is 2.75. The van der Waals surface area contributed by atoms with E-state index in [0.29, 0.717) is 22.4 Å². The maximum atomic E-state index is 13.5. The van der Waals surface area contributed by atoms with Crippen LogP contribution >= 0.6 is 15.9 Å². The first-order valence-corrected chi connectivity index (χ1v) is 6.96. The Morgan fingerprint density at radius 2 is 1.89 bits per heavy atom. The molecule has 0 aliphatic rings. The molecule has 0 atom stereocenters. The minimum absolute atomic E-state index is 0.319. The zero-order valence-electron chi connectivity index (χ0n) is 10.7. The van der Waals surface area contributed by atoms with Crippen LogP contribution in [0.2, 0.25) is 0 Å². The molecule has 0 saturated carbocycles. The number of benzene rings is 2. The molecular formula is C15H16BrFN2. The largest absolute Gasteiger partial charge is 0.397 e. The molecule has 100 valence electrons. The Balaban J connectivity index is 2.17. The van der Waals surface area contributed by atoms with Crippen molar-refractivity contribution in [3.8, 4) is 0 Å². The van der Waals surface area contributed by atoms with E-state index in [1.54, 1.807) is 6.07 Å². The fourth-order valence-electron chi connectivity index (χ4n) is 1.98. The Morgan fingerprint density at radius 3 is 2.58 bits per heavy atom. The van der Waals surface area contributed by atoms with E-state index in [-0.39, 0.29) is 5.82 Å². The summed E-state index contributed by atoms with van der Waals surface area (Å²) < 4.78 is 13.9. The molecule has 0 fully saturated rings. The van der Waals surface area contributed by atoms with Crippen molar-refractivity contribution in [3.05, 3.63) is 57.8 Å². The fraction of sp³-hybridized carbons (Fsp3) is 0.200. The molecule has 0 bridgehead atoms. The molecule has 19 heavy (non-hydrogen) atoms. The Labute approximate surface area is 121 Å². The lowest BCUT2D eigenvalue weighted by Crippen LogP contribution is -2.05. The van der Waals surface area contributed by atoms with E-state index in [4.69, 9.17) is 5.73 Å². The summed E-state index contributed by atoms with van der Waals surface area (Å²) in [6, 6.07) is 11.2. The lowest BCUT2D eigenvalue weighted by atomic mass is 10.1. The van der Waals surface area contributed by atoms with Crippen LogP contribution in [0, 0.1) is 5.82 Å². The summed E-state index contributed by atoms with van der Waals surface area (Å²) in [5.74, 6) is -0.319. The van der Waals surface area contributed by atoms with Crippen molar-refractivity contribution >= 4 is 27.3 Å². The van der Waals surface area contributed by atoms with Gasteiger partial charge in [0, 0.05) is 12.6 Å². The monoisotopic (exact) mass is 322 g/mol. The Morgan fingerprint density at radius 1 is 1.21 bits per heavy atom. The van der Waals surface area contributed by atoms with E-state index in [1.165, 1.54) is 17.2 Å². The van der Waals surface area contributed by atoms with Crippen molar-refractivity contribution in [2.24, 2.45) is 0 Å². The third-order valence-corrected chi connectivity index (χ3v) is 3.67. The van der Waals surface area contributed by atoms with Gasteiger partial charge >= 0.3 is 0 Å². The smallest absolute Gasteiger partial charge is 0.139 e. The van der Waals surface area contributed by atoms with Gasteiger partial charge in [-0.1, -0.05) is 31.2 Å². The summed E-state index contributed by atoms with van der Waals surface area (Å²) in [5.41, 5.74) is 9.50. The molecule has 0 aliphatic carbocycles. The van der Waals surface area contributed by atoms with Gasteiger partial charge in [0.05, 0.1) is 15.8 Å². The van der Waals surface area contributed by atoms with Crippen LogP contribution in [0.1, 0.15) is 18.1 Å². The van der Waals surface area contributed by atoms with E-state index in [2.05, 4.69) is 40.3 Å². The minimum Gasteiger partial charge on any atom is -0.397 e.